The normalized spacial score (nSPS) is 16.0. The van der Waals surface area contributed by atoms with Crippen LogP contribution in [0.1, 0.15) is 15.9 Å². The number of likely N-dealkylation sites (N-methyl/N-ethyl adjacent to an activating group) is 1. The Morgan fingerprint density at radius 1 is 1.05 bits per heavy atom. The number of allylic oxidation sites excluding steroid dienone is 1. The number of carbonyl (C=O) groups is 1. The van der Waals surface area contributed by atoms with Crippen molar-refractivity contribution in [3.63, 3.8) is 0 Å². The van der Waals surface area contributed by atoms with Gasteiger partial charge >= 0.3 is 0 Å². The monoisotopic (exact) mass is 269 g/mol. The van der Waals surface area contributed by atoms with Gasteiger partial charge in [-0.3, -0.25) is 4.79 Å². The molecule has 0 amide bonds. The molecule has 2 nitrogen and oxygen atoms in total. The predicted molar refractivity (Wildman–Crippen MR) is 78.6 cm³/mol. The average Bonchev–Trinajstić information content (AvgIpc) is 2.67. The van der Waals surface area contributed by atoms with E-state index in [9.17, 15) is 4.79 Å². The van der Waals surface area contributed by atoms with Crippen LogP contribution in [0.3, 0.4) is 0 Å². The van der Waals surface area contributed by atoms with Crippen molar-refractivity contribution in [2.45, 2.75) is 0 Å². The van der Waals surface area contributed by atoms with E-state index in [4.69, 9.17) is 11.6 Å². The molecule has 1 heterocycles. The van der Waals surface area contributed by atoms with Crippen LogP contribution in [-0.4, -0.2) is 12.8 Å². The number of benzene rings is 2. The largest absolute Gasteiger partial charge is 0.341 e. The molecule has 1 aliphatic rings. The highest BCUT2D eigenvalue weighted by Crippen LogP contribution is 2.33. The SMILES string of the molecule is CN1/C(=C/c2ccc(Cl)cc2)C(=O)c2ccccc21. The highest BCUT2D eigenvalue weighted by Gasteiger charge is 2.28. The Labute approximate surface area is 116 Å². The number of rotatable bonds is 1. The Morgan fingerprint density at radius 2 is 1.74 bits per heavy atom. The molecule has 0 N–H and O–H groups in total. The van der Waals surface area contributed by atoms with Gasteiger partial charge in [0.05, 0.1) is 11.4 Å². The smallest absolute Gasteiger partial charge is 0.211 e. The number of nitrogens with zero attached hydrogens (tertiary/aromatic N) is 1. The maximum Gasteiger partial charge on any atom is 0.211 e. The van der Waals surface area contributed by atoms with Crippen molar-refractivity contribution in [3.8, 4) is 0 Å². The average molecular weight is 270 g/mol. The first-order valence-corrected chi connectivity index (χ1v) is 6.39. The van der Waals surface area contributed by atoms with Crippen molar-refractivity contribution < 1.29 is 4.79 Å². The zero-order valence-electron chi connectivity index (χ0n) is 10.4. The fraction of sp³-hybridized carbons (Fsp3) is 0.0625. The van der Waals surface area contributed by atoms with E-state index in [0.717, 1.165) is 16.8 Å². The van der Waals surface area contributed by atoms with Gasteiger partial charge in [-0.15, -0.1) is 0 Å². The number of fused-ring (bicyclic) bond motifs is 1. The quantitative estimate of drug-likeness (QED) is 0.729. The summed E-state index contributed by atoms with van der Waals surface area (Å²) in [6.07, 6.45) is 1.89. The van der Waals surface area contributed by atoms with Gasteiger partial charge in [0.15, 0.2) is 0 Å². The maximum atomic E-state index is 12.3. The van der Waals surface area contributed by atoms with Crippen LogP contribution in [0.2, 0.25) is 5.02 Å². The summed E-state index contributed by atoms with van der Waals surface area (Å²) in [7, 11) is 1.91. The number of Topliss-reactive ketones (excluding diaryl/α,β-unsaturated/α-hetero) is 1. The molecule has 0 fully saturated rings. The number of carbonyl (C=O) groups excluding carboxylic acids is 1. The van der Waals surface area contributed by atoms with E-state index in [2.05, 4.69) is 0 Å². The third-order valence-corrected chi connectivity index (χ3v) is 3.53. The lowest BCUT2D eigenvalue weighted by Crippen LogP contribution is -2.13. The Morgan fingerprint density at radius 3 is 2.42 bits per heavy atom. The lowest BCUT2D eigenvalue weighted by molar-refractivity contribution is 0.104. The van der Waals surface area contributed by atoms with E-state index >= 15 is 0 Å². The minimum absolute atomic E-state index is 0.0630. The van der Waals surface area contributed by atoms with Crippen molar-refractivity contribution in [1.29, 1.82) is 0 Å². The zero-order chi connectivity index (χ0) is 13.4. The van der Waals surface area contributed by atoms with Gasteiger partial charge in [-0.05, 0) is 35.9 Å². The second kappa shape index (κ2) is 4.56. The van der Waals surface area contributed by atoms with Gasteiger partial charge in [-0.25, -0.2) is 0 Å². The molecule has 19 heavy (non-hydrogen) atoms. The minimum Gasteiger partial charge on any atom is -0.341 e. The van der Waals surface area contributed by atoms with Gasteiger partial charge < -0.3 is 4.90 Å². The van der Waals surface area contributed by atoms with E-state index < -0.39 is 0 Å². The van der Waals surface area contributed by atoms with Crippen LogP contribution < -0.4 is 4.90 Å². The second-order valence-corrected chi connectivity index (χ2v) is 4.92. The van der Waals surface area contributed by atoms with Crippen molar-refractivity contribution in [1.82, 2.24) is 0 Å². The third-order valence-electron chi connectivity index (χ3n) is 3.28. The van der Waals surface area contributed by atoms with Crippen molar-refractivity contribution >= 4 is 29.1 Å². The lowest BCUT2D eigenvalue weighted by atomic mass is 10.1. The first-order valence-electron chi connectivity index (χ1n) is 6.01. The molecule has 0 saturated heterocycles. The molecule has 0 aromatic heterocycles. The predicted octanol–water partition coefficient (Wildman–Crippen LogP) is 4.01. The molecular formula is C16H12ClNO. The zero-order valence-corrected chi connectivity index (χ0v) is 11.2. The lowest BCUT2D eigenvalue weighted by Gasteiger charge is -2.13. The van der Waals surface area contributed by atoms with Crippen LogP contribution in [-0.2, 0) is 0 Å². The van der Waals surface area contributed by atoms with Crippen molar-refractivity contribution in [2.75, 3.05) is 11.9 Å². The summed E-state index contributed by atoms with van der Waals surface area (Å²) in [5, 5.41) is 0.691. The summed E-state index contributed by atoms with van der Waals surface area (Å²) in [6, 6.07) is 15.1. The maximum absolute atomic E-state index is 12.3. The van der Waals surface area contributed by atoms with Crippen molar-refractivity contribution in [2.24, 2.45) is 0 Å². The first-order chi connectivity index (χ1) is 9.16. The van der Waals surface area contributed by atoms with Gasteiger partial charge in [0.25, 0.3) is 0 Å². The number of ketones is 1. The van der Waals surface area contributed by atoms with E-state index in [-0.39, 0.29) is 5.78 Å². The molecule has 3 heteroatoms. The Kier molecular flexibility index (Phi) is 2.88. The molecule has 0 radical (unpaired) electrons. The Bertz CT molecular complexity index is 673. The van der Waals surface area contributed by atoms with Gasteiger partial charge in [0.2, 0.25) is 5.78 Å². The van der Waals surface area contributed by atoms with Crippen LogP contribution >= 0.6 is 11.6 Å². The number of hydrogen-bond acceptors (Lipinski definition) is 2. The van der Waals surface area contributed by atoms with Crippen LogP contribution in [0.5, 0.6) is 0 Å². The summed E-state index contributed by atoms with van der Waals surface area (Å²) >= 11 is 5.86. The molecule has 3 rings (SSSR count). The van der Waals surface area contributed by atoms with E-state index in [1.165, 1.54) is 0 Å². The van der Waals surface area contributed by atoms with Crippen molar-refractivity contribution in [3.05, 3.63) is 70.4 Å². The van der Waals surface area contributed by atoms with Crippen LogP contribution in [0.15, 0.2) is 54.2 Å². The molecule has 0 saturated carbocycles. The summed E-state index contributed by atoms with van der Waals surface area (Å²) < 4.78 is 0. The summed E-state index contributed by atoms with van der Waals surface area (Å²) in [6.45, 7) is 0. The fourth-order valence-electron chi connectivity index (χ4n) is 2.26. The van der Waals surface area contributed by atoms with Gasteiger partial charge in [-0.2, -0.15) is 0 Å². The number of hydrogen-bond donors (Lipinski definition) is 0. The van der Waals surface area contributed by atoms with Crippen LogP contribution in [0.4, 0.5) is 5.69 Å². The van der Waals surface area contributed by atoms with E-state index in [0.29, 0.717) is 10.7 Å². The first kappa shape index (κ1) is 12.0. The molecule has 2 aromatic rings. The highest BCUT2D eigenvalue weighted by atomic mass is 35.5. The molecule has 0 bridgehead atoms. The van der Waals surface area contributed by atoms with Crippen LogP contribution in [0, 0.1) is 0 Å². The number of anilines is 1. The molecule has 94 valence electrons. The van der Waals surface area contributed by atoms with Crippen LogP contribution in [0.25, 0.3) is 6.08 Å². The van der Waals surface area contributed by atoms with Gasteiger partial charge in [-0.1, -0.05) is 35.9 Å². The standard InChI is InChI=1S/C16H12ClNO/c1-18-14-5-3-2-4-13(14)16(19)15(18)10-11-6-8-12(17)9-7-11/h2-10H,1H3/b15-10+. The Hall–Kier alpha value is -2.06. The second-order valence-electron chi connectivity index (χ2n) is 4.49. The molecule has 0 spiro atoms. The van der Waals surface area contributed by atoms with Gasteiger partial charge in [0.1, 0.15) is 0 Å². The summed E-state index contributed by atoms with van der Waals surface area (Å²) in [4.78, 5) is 14.3. The molecule has 1 aliphatic heterocycles. The highest BCUT2D eigenvalue weighted by molar-refractivity contribution is 6.30. The fourth-order valence-corrected chi connectivity index (χ4v) is 2.38. The van der Waals surface area contributed by atoms with Gasteiger partial charge in [0, 0.05) is 17.6 Å². The molecule has 0 aliphatic carbocycles. The third kappa shape index (κ3) is 2.04. The molecular weight excluding hydrogens is 258 g/mol. The molecule has 0 unspecified atom stereocenters. The Balaban J connectivity index is 2.04. The topological polar surface area (TPSA) is 20.3 Å². The number of para-hydroxylation sites is 1. The number of halogens is 1. The molecule has 2 aromatic carbocycles. The summed E-state index contributed by atoms with van der Waals surface area (Å²) in [5.41, 5.74) is 3.36. The minimum atomic E-state index is 0.0630. The van der Waals surface area contributed by atoms with E-state index in [1.54, 1.807) is 0 Å². The molecule has 0 atom stereocenters. The van der Waals surface area contributed by atoms with E-state index in [1.807, 2.05) is 66.6 Å². The summed E-state index contributed by atoms with van der Waals surface area (Å²) in [5.74, 6) is 0.0630.